The Kier molecular flexibility index (Phi) is 4.99. The van der Waals surface area contributed by atoms with Gasteiger partial charge >= 0.3 is 12.1 Å². The summed E-state index contributed by atoms with van der Waals surface area (Å²) in [5.74, 6) is -0.675. The topological polar surface area (TPSA) is 83.0 Å². The number of piperazine rings is 1. The summed E-state index contributed by atoms with van der Waals surface area (Å²) in [6.45, 7) is 7.41. The molecule has 0 atom stereocenters. The van der Waals surface area contributed by atoms with Crippen molar-refractivity contribution in [2.45, 2.75) is 26.4 Å². The molecule has 0 bridgehead atoms. The van der Waals surface area contributed by atoms with E-state index in [9.17, 15) is 9.59 Å². The zero-order valence-electron chi connectivity index (χ0n) is 13.4. The van der Waals surface area contributed by atoms with Crippen molar-refractivity contribution in [2.75, 3.05) is 31.1 Å². The summed E-state index contributed by atoms with van der Waals surface area (Å²) < 4.78 is 5.34. The van der Waals surface area contributed by atoms with Gasteiger partial charge in [-0.25, -0.2) is 14.6 Å². The van der Waals surface area contributed by atoms with Gasteiger partial charge in [0.25, 0.3) is 0 Å². The zero-order valence-corrected chi connectivity index (χ0v) is 14.1. The Morgan fingerprint density at radius 3 is 2.35 bits per heavy atom. The minimum Gasteiger partial charge on any atom is -0.477 e. The highest BCUT2D eigenvalue weighted by Crippen LogP contribution is 2.25. The van der Waals surface area contributed by atoms with E-state index in [4.69, 9.17) is 21.4 Å². The fraction of sp³-hybridized carbons (Fsp3) is 0.533. The quantitative estimate of drug-likeness (QED) is 0.889. The Bertz CT molecular complexity index is 607. The van der Waals surface area contributed by atoms with Gasteiger partial charge in [0.2, 0.25) is 0 Å². The number of pyridine rings is 1. The van der Waals surface area contributed by atoms with Crippen LogP contribution in [0.15, 0.2) is 12.1 Å². The SMILES string of the molecule is CC(C)(C)OC(=O)N1CCN(c2nc(C(=O)O)ccc2Cl)CC1. The number of nitrogens with zero attached hydrogens (tertiary/aromatic N) is 3. The van der Waals surface area contributed by atoms with E-state index in [1.807, 2.05) is 25.7 Å². The predicted molar refractivity (Wildman–Crippen MR) is 86.2 cm³/mol. The number of carbonyl (C=O) groups excluding carboxylic acids is 1. The highest BCUT2D eigenvalue weighted by molar-refractivity contribution is 6.33. The molecule has 0 saturated carbocycles. The molecule has 1 aliphatic rings. The van der Waals surface area contributed by atoms with Crippen LogP contribution < -0.4 is 4.90 Å². The molecule has 8 heteroatoms. The Balaban J connectivity index is 2.03. The first kappa shape index (κ1) is 17.3. The lowest BCUT2D eigenvalue weighted by Crippen LogP contribution is -2.50. The molecule has 0 aliphatic carbocycles. The van der Waals surface area contributed by atoms with Crippen molar-refractivity contribution in [3.63, 3.8) is 0 Å². The molecule has 0 spiro atoms. The van der Waals surface area contributed by atoms with Gasteiger partial charge in [-0.05, 0) is 32.9 Å². The Morgan fingerprint density at radius 2 is 1.83 bits per heavy atom. The number of amides is 1. The second-order valence-corrected chi connectivity index (χ2v) is 6.67. The number of hydrogen-bond donors (Lipinski definition) is 1. The molecule has 126 valence electrons. The van der Waals surface area contributed by atoms with Gasteiger partial charge in [0.15, 0.2) is 5.69 Å². The highest BCUT2D eigenvalue weighted by Gasteiger charge is 2.27. The van der Waals surface area contributed by atoms with Crippen LogP contribution in [0.4, 0.5) is 10.6 Å². The molecule has 2 rings (SSSR count). The Morgan fingerprint density at radius 1 is 1.22 bits per heavy atom. The average molecular weight is 342 g/mol. The van der Waals surface area contributed by atoms with Crippen molar-refractivity contribution in [2.24, 2.45) is 0 Å². The van der Waals surface area contributed by atoms with Gasteiger partial charge in [-0.1, -0.05) is 11.6 Å². The number of aromatic carboxylic acids is 1. The van der Waals surface area contributed by atoms with Gasteiger partial charge in [-0.3, -0.25) is 0 Å². The minimum atomic E-state index is -1.10. The largest absolute Gasteiger partial charge is 0.477 e. The molecular formula is C15H20ClN3O4. The Labute approximate surface area is 139 Å². The fourth-order valence-corrected chi connectivity index (χ4v) is 2.42. The third-order valence-electron chi connectivity index (χ3n) is 3.28. The lowest BCUT2D eigenvalue weighted by atomic mass is 10.2. The zero-order chi connectivity index (χ0) is 17.2. The van der Waals surface area contributed by atoms with Gasteiger partial charge in [-0.2, -0.15) is 0 Å². The third kappa shape index (κ3) is 4.48. The summed E-state index contributed by atoms with van der Waals surface area (Å²) in [7, 11) is 0. The van der Waals surface area contributed by atoms with E-state index in [1.165, 1.54) is 12.1 Å². The number of rotatable bonds is 2. The molecule has 0 aromatic carbocycles. The molecule has 0 unspecified atom stereocenters. The van der Waals surface area contributed by atoms with Crippen LogP contribution in [0, 0.1) is 0 Å². The number of ether oxygens (including phenoxy) is 1. The van der Waals surface area contributed by atoms with Crippen LogP contribution in [0.1, 0.15) is 31.3 Å². The minimum absolute atomic E-state index is 0.0565. The number of aromatic nitrogens is 1. The molecular weight excluding hydrogens is 322 g/mol. The standard InChI is InChI=1S/C15H20ClN3O4/c1-15(2,3)23-14(22)19-8-6-18(7-9-19)12-10(16)4-5-11(17-12)13(20)21/h4-5H,6-9H2,1-3H3,(H,20,21). The van der Waals surface area contributed by atoms with E-state index in [0.717, 1.165) is 0 Å². The summed E-state index contributed by atoms with van der Waals surface area (Å²) in [4.78, 5) is 30.6. The van der Waals surface area contributed by atoms with Crippen molar-refractivity contribution in [1.29, 1.82) is 0 Å². The molecule has 7 nitrogen and oxygen atoms in total. The van der Waals surface area contributed by atoms with Gasteiger partial charge in [0.05, 0.1) is 5.02 Å². The second kappa shape index (κ2) is 6.62. The summed E-state index contributed by atoms with van der Waals surface area (Å²) in [6.07, 6.45) is -0.351. The number of carbonyl (C=O) groups is 2. The van der Waals surface area contributed by atoms with Crippen LogP contribution in [-0.4, -0.2) is 58.8 Å². The van der Waals surface area contributed by atoms with Crippen LogP contribution in [0.3, 0.4) is 0 Å². The number of anilines is 1. The molecule has 1 fully saturated rings. The molecule has 1 saturated heterocycles. The lowest BCUT2D eigenvalue weighted by Gasteiger charge is -2.36. The number of carboxylic acids is 1. The molecule has 23 heavy (non-hydrogen) atoms. The van der Waals surface area contributed by atoms with Crippen molar-refractivity contribution in [3.8, 4) is 0 Å². The van der Waals surface area contributed by atoms with Gasteiger partial charge < -0.3 is 19.6 Å². The Hall–Kier alpha value is -2.02. The van der Waals surface area contributed by atoms with E-state index in [0.29, 0.717) is 37.0 Å². The summed E-state index contributed by atoms with van der Waals surface area (Å²) >= 11 is 6.12. The fourth-order valence-electron chi connectivity index (χ4n) is 2.20. The van der Waals surface area contributed by atoms with Crippen LogP contribution in [-0.2, 0) is 4.74 Å². The smallest absolute Gasteiger partial charge is 0.410 e. The van der Waals surface area contributed by atoms with Crippen molar-refractivity contribution < 1.29 is 19.4 Å². The first-order valence-electron chi connectivity index (χ1n) is 7.30. The first-order valence-corrected chi connectivity index (χ1v) is 7.68. The number of hydrogen-bond acceptors (Lipinski definition) is 5. The van der Waals surface area contributed by atoms with Crippen molar-refractivity contribution in [1.82, 2.24) is 9.88 Å². The van der Waals surface area contributed by atoms with E-state index < -0.39 is 11.6 Å². The lowest BCUT2D eigenvalue weighted by molar-refractivity contribution is 0.0240. The summed E-state index contributed by atoms with van der Waals surface area (Å²) in [5, 5.41) is 9.42. The van der Waals surface area contributed by atoms with Crippen LogP contribution in [0.2, 0.25) is 5.02 Å². The molecule has 1 amide bonds. The van der Waals surface area contributed by atoms with E-state index >= 15 is 0 Å². The molecule has 1 aromatic rings. The molecule has 1 N–H and O–H groups in total. The van der Waals surface area contributed by atoms with Crippen molar-refractivity contribution >= 4 is 29.5 Å². The van der Waals surface area contributed by atoms with Gasteiger partial charge in [-0.15, -0.1) is 0 Å². The summed E-state index contributed by atoms with van der Waals surface area (Å²) in [5.41, 5.74) is -0.589. The van der Waals surface area contributed by atoms with Gasteiger partial charge in [0.1, 0.15) is 11.4 Å². The van der Waals surface area contributed by atoms with E-state index in [1.54, 1.807) is 4.90 Å². The highest BCUT2D eigenvalue weighted by atomic mass is 35.5. The number of carboxylic acid groups (broad SMARTS) is 1. The second-order valence-electron chi connectivity index (χ2n) is 6.26. The van der Waals surface area contributed by atoms with Crippen LogP contribution in [0.25, 0.3) is 0 Å². The van der Waals surface area contributed by atoms with Crippen molar-refractivity contribution in [3.05, 3.63) is 22.8 Å². The normalized spacial score (nSPS) is 15.5. The monoisotopic (exact) mass is 341 g/mol. The van der Waals surface area contributed by atoms with Gasteiger partial charge in [0, 0.05) is 26.2 Å². The summed E-state index contributed by atoms with van der Waals surface area (Å²) in [6, 6.07) is 2.89. The molecule has 1 aliphatic heterocycles. The van der Waals surface area contributed by atoms with Crippen LogP contribution >= 0.6 is 11.6 Å². The number of halogens is 1. The van der Waals surface area contributed by atoms with E-state index in [-0.39, 0.29) is 11.8 Å². The average Bonchev–Trinajstić information content (AvgIpc) is 2.46. The predicted octanol–water partition coefficient (Wildman–Crippen LogP) is 2.49. The maximum absolute atomic E-state index is 12.0. The van der Waals surface area contributed by atoms with Crippen LogP contribution in [0.5, 0.6) is 0 Å². The first-order chi connectivity index (χ1) is 10.7. The maximum atomic E-state index is 12.0. The third-order valence-corrected chi connectivity index (χ3v) is 3.57. The maximum Gasteiger partial charge on any atom is 0.410 e. The van der Waals surface area contributed by atoms with E-state index in [2.05, 4.69) is 4.98 Å². The molecule has 0 radical (unpaired) electrons. The molecule has 2 heterocycles. The molecule has 1 aromatic heterocycles.